The predicted molar refractivity (Wildman–Crippen MR) is 134 cm³/mol. The van der Waals surface area contributed by atoms with Crippen molar-refractivity contribution in [3.63, 3.8) is 0 Å². The van der Waals surface area contributed by atoms with Crippen LogP contribution in [0.15, 0.2) is 63.6 Å². The molecular formula is C25H23BrFN5O3. The summed E-state index contributed by atoms with van der Waals surface area (Å²) >= 11 is 3.41. The number of benzene rings is 2. The van der Waals surface area contributed by atoms with Gasteiger partial charge < -0.3 is 19.5 Å². The smallest absolute Gasteiger partial charge is 0.256 e. The second kappa shape index (κ2) is 10.7. The summed E-state index contributed by atoms with van der Waals surface area (Å²) in [6.07, 6.45) is 0. The van der Waals surface area contributed by atoms with Gasteiger partial charge in [-0.25, -0.2) is 4.39 Å². The maximum atomic E-state index is 14.8. The summed E-state index contributed by atoms with van der Waals surface area (Å²) in [6, 6.07) is 14.8. The highest BCUT2D eigenvalue weighted by Gasteiger charge is 2.13. The van der Waals surface area contributed by atoms with Crippen LogP contribution in [-0.4, -0.2) is 53.2 Å². The van der Waals surface area contributed by atoms with E-state index in [0.717, 1.165) is 6.54 Å². The van der Waals surface area contributed by atoms with Crippen LogP contribution in [0.3, 0.4) is 0 Å². The summed E-state index contributed by atoms with van der Waals surface area (Å²) < 4.78 is 26.1. The summed E-state index contributed by atoms with van der Waals surface area (Å²) in [5.74, 6) is 0.727. The lowest BCUT2D eigenvalue weighted by Gasteiger charge is -2.12. The molecule has 0 unspecified atom stereocenters. The van der Waals surface area contributed by atoms with E-state index in [1.807, 2.05) is 19.0 Å². The molecule has 2 aromatic carbocycles. The molecule has 0 bridgehead atoms. The van der Waals surface area contributed by atoms with Gasteiger partial charge in [-0.3, -0.25) is 4.79 Å². The molecule has 8 nitrogen and oxygen atoms in total. The number of amides is 1. The highest BCUT2D eigenvalue weighted by Crippen LogP contribution is 2.28. The van der Waals surface area contributed by atoms with Crippen molar-refractivity contribution in [3.05, 3.63) is 76.3 Å². The van der Waals surface area contributed by atoms with Crippen molar-refractivity contribution < 1.29 is 18.4 Å². The first-order chi connectivity index (χ1) is 16.8. The van der Waals surface area contributed by atoms with E-state index in [2.05, 4.69) is 36.4 Å². The van der Waals surface area contributed by atoms with Crippen LogP contribution < -0.4 is 10.1 Å². The van der Waals surface area contributed by atoms with Crippen LogP contribution in [0.1, 0.15) is 16.2 Å². The number of carbonyl (C=O) groups excluding carboxylic acids is 1. The molecule has 4 aromatic rings. The van der Waals surface area contributed by atoms with Crippen LogP contribution in [0.4, 0.5) is 10.2 Å². The number of carbonyl (C=O) groups is 1. The number of pyridine rings is 1. The van der Waals surface area contributed by atoms with Crippen molar-refractivity contribution in [2.45, 2.75) is 6.92 Å². The summed E-state index contributed by atoms with van der Waals surface area (Å²) in [4.78, 5) is 23.2. The Hall–Kier alpha value is -3.63. The maximum Gasteiger partial charge on any atom is 0.256 e. The molecule has 0 radical (unpaired) electrons. The standard InChI is InChI=1S/C25H23BrFN5O3/c1-15-28-23(31-35-15)18-8-9-19(21(27)14-18)16-4-6-17(7-5-16)24(33)29-22-11-10-20(26)25(30-22)34-13-12-32(2)3/h4-11,14H,12-13H2,1-3H3,(H,29,30,33). The number of likely N-dealkylation sites (N-methyl/N-ethyl adjacent to an activating group) is 1. The Labute approximate surface area is 210 Å². The molecule has 1 amide bonds. The van der Waals surface area contributed by atoms with Crippen molar-refractivity contribution in [1.82, 2.24) is 20.0 Å². The van der Waals surface area contributed by atoms with E-state index >= 15 is 0 Å². The molecule has 2 aromatic heterocycles. The van der Waals surface area contributed by atoms with E-state index in [0.29, 0.717) is 56.7 Å². The molecule has 0 saturated carbocycles. The monoisotopic (exact) mass is 539 g/mol. The Morgan fingerprint density at radius 2 is 1.83 bits per heavy atom. The van der Waals surface area contributed by atoms with Gasteiger partial charge in [0.1, 0.15) is 18.2 Å². The minimum Gasteiger partial charge on any atom is -0.475 e. The van der Waals surface area contributed by atoms with Gasteiger partial charge in [0.2, 0.25) is 17.6 Å². The number of nitrogens with zero attached hydrogens (tertiary/aromatic N) is 4. The number of hydrogen-bond donors (Lipinski definition) is 1. The number of aryl methyl sites for hydroxylation is 1. The van der Waals surface area contributed by atoms with E-state index in [-0.39, 0.29) is 5.91 Å². The second-order valence-electron chi connectivity index (χ2n) is 8.00. The molecule has 35 heavy (non-hydrogen) atoms. The zero-order chi connectivity index (χ0) is 24.9. The molecule has 0 atom stereocenters. The van der Waals surface area contributed by atoms with Gasteiger partial charge in [0, 0.05) is 30.2 Å². The van der Waals surface area contributed by atoms with Crippen LogP contribution in [0.25, 0.3) is 22.5 Å². The number of hydrogen-bond acceptors (Lipinski definition) is 7. The lowest BCUT2D eigenvalue weighted by molar-refractivity contribution is 0.102. The third-order valence-corrected chi connectivity index (χ3v) is 5.65. The molecular weight excluding hydrogens is 517 g/mol. The first-order valence-corrected chi connectivity index (χ1v) is 11.6. The summed E-state index contributed by atoms with van der Waals surface area (Å²) in [5, 5.41) is 6.58. The highest BCUT2D eigenvalue weighted by atomic mass is 79.9. The Bertz CT molecular complexity index is 1340. The molecule has 1 N–H and O–H groups in total. The third kappa shape index (κ3) is 6.09. The summed E-state index contributed by atoms with van der Waals surface area (Å²) in [6.45, 7) is 2.87. The topological polar surface area (TPSA) is 93.4 Å². The van der Waals surface area contributed by atoms with Crippen LogP contribution in [0.2, 0.25) is 0 Å². The van der Waals surface area contributed by atoms with E-state index in [1.165, 1.54) is 6.07 Å². The molecule has 0 saturated heterocycles. The Morgan fingerprint density at radius 3 is 2.49 bits per heavy atom. The molecule has 0 spiro atoms. The van der Waals surface area contributed by atoms with Crippen molar-refractivity contribution >= 4 is 27.7 Å². The van der Waals surface area contributed by atoms with E-state index < -0.39 is 5.82 Å². The number of nitrogens with one attached hydrogen (secondary N) is 1. The van der Waals surface area contributed by atoms with Crippen LogP contribution in [-0.2, 0) is 0 Å². The quantitative estimate of drug-likeness (QED) is 0.328. The third-order valence-electron chi connectivity index (χ3n) is 5.05. The largest absolute Gasteiger partial charge is 0.475 e. The summed E-state index contributed by atoms with van der Waals surface area (Å²) in [7, 11) is 3.91. The van der Waals surface area contributed by atoms with E-state index in [1.54, 1.807) is 55.5 Å². The number of aromatic nitrogens is 3. The number of anilines is 1. The average molecular weight is 540 g/mol. The fourth-order valence-electron chi connectivity index (χ4n) is 3.21. The van der Waals surface area contributed by atoms with Gasteiger partial charge in [-0.1, -0.05) is 29.4 Å². The van der Waals surface area contributed by atoms with E-state index in [9.17, 15) is 9.18 Å². The van der Waals surface area contributed by atoms with Crippen LogP contribution in [0.5, 0.6) is 5.88 Å². The van der Waals surface area contributed by atoms with Crippen LogP contribution in [0, 0.1) is 12.7 Å². The van der Waals surface area contributed by atoms with Crippen molar-refractivity contribution in [2.24, 2.45) is 0 Å². The van der Waals surface area contributed by atoms with Crippen molar-refractivity contribution in [1.29, 1.82) is 0 Å². The SMILES string of the molecule is Cc1nc(-c2ccc(-c3ccc(C(=O)Nc4ccc(Br)c(OCCN(C)C)n4)cc3)c(F)c2)no1. The fraction of sp³-hybridized carbons (Fsp3) is 0.200. The van der Waals surface area contributed by atoms with Gasteiger partial charge in [0.15, 0.2) is 0 Å². The minimum absolute atomic E-state index is 0.327. The molecule has 2 heterocycles. The average Bonchev–Trinajstić information content (AvgIpc) is 3.27. The minimum atomic E-state index is -0.428. The molecule has 10 heteroatoms. The molecule has 180 valence electrons. The first kappa shape index (κ1) is 24.5. The zero-order valence-electron chi connectivity index (χ0n) is 19.4. The lowest BCUT2D eigenvalue weighted by Crippen LogP contribution is -2.20. The van der Waals surface area contributed by atoms with Gasteiger partial charge in [-0.15, -0.1) is 0 Å². The number of halogens is 2. The fourth-order valence-corrected chi connectivity index (χ4v) is 3.55. The van der Waals surface area contributed by atoms with Gasteiger partial charge in [0.25, 0.3) is 5.91 Å². The van der Waals surface area contributed by atoms with Crippen molar-refractivity contribution in [3.8, 4) is 28.4 Å². The molecule has 0 fully saturated rings. The van der Waals surface area contributed by atoms with E-state index in [4.69, 9.17) is 9.26 Å². The molecule has 4 rings (SSSR count). The second-order valence-corrected chi connectivity index (χ2v) is 8.85. The van der Waals surface area contributed by atoms with Gasteiger partial charge in [-0.2, -0.15) is 9.97 Å². The molecule has 0 aliphatic carbocycles. The van der Waals surface area contributed by atoms with Gasteiger partial charge >= 0.3 is 0 Å². The highest BCUT2D eigenvalue weighted by molar-refractivity contribution is 9.10. The van der Waals surface area contributed by atoms with Crippen LogP contribution >= 0.6 is 15.9 Å². The lowest BCUT2D eigenvalue weighted by atomic mass is 10.0. The zero-order valence-corrected chi connectivity index (χ0v) is 21.0. The van der Waals surface area contributed by atoms with Gasteiger partial charge in [0.05, 0.1) is 4.47 Å². The Morgan fingerprint density at radius 1 is 1.09 bits per heavy atom. The number of ether oxygens (including phenoxy) is 1. The maximum absolute atomic E-state index is 14.8. The predicted octanol–water partition coefficient (Wildman–Crippen LogP) is 5.20. The number of rotatable bonds is 8. The molecule has 0 aliphatic heterocycles. The van der Waals surface area contributed by atoms with Crippen molar-refractivity contribution in [2.75, 3.05) is 32.6 Å². The normalized spacial score (nSPS) is 11.0. The summed E-state index contributed by atoms with van der Waals surface area (Å²) in [5.41, 5.74) is 1.96. The van der Waals surface area contributed by atoms with Gasteiger partial charge in [-0.05, 0) is 65.9 Å². The Kier molecular flexibility index (Phi) is 7.52. The Balaban J connectivity index is 1.45. The first-order valence-electron chi connectivity index (χ1n) is 10.8. The molecule has 0 aliphatic rings.